The molecule has 4 nitrogen and oxygen atoms in total. The van der Waals surface area contributed by atoms with Gasteiger partial charge in [0.05, 0.1) is 12.7 Å². The number of fused-ring (bicyclic) bond motifs is 4. The molecule has 0 amide bonds. The molecule has 0 unspecified atom stereocenters. The lowest BCUT2D eigenvalue weighted by Crippen LogP contribution is -2.55. The SMILES string of the molecule is O=C1C=CC2(C=C1)O[C@@H]1OCC[C@@H]1[C@H]1CCO[C@@H]12. The number of carbonyl (C=O) groups excluding carboxylic acids is 1. The van der Waals surface area contributed by atoms with Gasteiger partial charge in [-0.15, -0.1) is 0 Å². The van der Waals surface area contributed by atoms with E-state index in [1.165, 1.54) is 0 Å². The summed E-state index contributed by atoms with van der Waals surface area (Å²) in [4.78, 5) is 11.3. The zero-order valence-corrected chi connectivity index (χ0v) is 10.1. The molecule has 0 radical (unpaired) electrons. The third-order valence-electron chi connectivity index (χ3n) is 4.55. The second-order valence-electron chi connectivity index (χ2n) is 5.48. The van der Waals surface area contributed by atoms with Crippen LogP contribution in [-0.2, 0) is 19.0 Å². The van der Waals surface area contributed by atoms with Crippen LogP contribution >= 0.6 is 0 Å². The molecule has 1 aliphatic carbocycles. The fourth-order valence-corrected chi connectivity index (χ4v) is 3.70. The van der Waals surface area contributed by atoms with E-state index in [9.17, 15) is 4.79 Å². The maximum Gasteiger partial charge on any atom is 0.178 e. The zero-order chi connectivity index (χ0) is 12.2. The van der Waals surface area contributed by atoms with Gasteiger partial charge < -0.3 is 14.2 Å². The van der Waals surface area contributed by atoms with Gasteiger partial charge >= 0.3 is 0 Å². The highest BCUT2D eigenvalue weighted by Crippen LogP contribution is 2.49. The van der Waals surface area contributed by atoms with E-state index < -0.39 is 5.60 Å². The Morgan fingerprint density at radius 3 is 2.61 bits per heavy atom. The van der Waals surface area contributed by atoms with Crippen molar-refractivity contribution < 1.29 is 19.0 Å². The van der Waals surface area contributed by atoms with Gasteiger partial charge in [-0.1, -0.05) is 0 Å². The van der Waals surface area contributed by atoms with Crippen LogP contribution in [0.5, 0.6) is 0 Å². The van der Waals surface area contributed by atoms with Crippen molar-refractivity contribution in [2.75, 3.05) is 13.2 Å². The first-order chi connectivity index (χ1) is 8.78. The van der Waals surface area contributed by atoms with Gasteiger partial charge in [0.15, 0.2) is 12.1 Å². The molecule has 3 heterocycles. The van der Waals surface area contributed by atoms with E-state index in [2.05, 4.69) is 0 Å². The van der Waals surface area contributed by atoms with Crippen LogP contribution in [0.25, 0.3) is 0 Å². The second-order valence-corrected chi connectivity index (χ2v) is 5.48. The van der Waals surface area contributed by atoms with Gasteiger partial charge in [-0.25, -0.2) is 0 Å². The number of hydrogen-bond acceptors (Lipinski definition) is 4. The summed E-state index contributed by atoms with van der Waals surface area (Å²) < 4.78 is 17.7. The average Bonchev–Trinajstić information content (AvgIpc) is 3.00. The van der Waals surface area contributed by atoms with Crippen LogP contribution in [-0.4, -0.2) is 37.0 Å². The van der Waals surface area contributed by atoms with E-state index in [4.69, 9.17) is 14.2 Å². The molecule has 18 heavy (non-hydrogen) atoms. The molecule has 96 valence electrons. The van der Waals surface area contributed by atoms with Gasteiger partial charge in [-0.05, 0) is 43.1 Å². The van der Waals surface area contributed by atoms with Crippen LogP contribution in [0.2, 0.25) is 0 Å². The lowest BCUT2D eigenvalue weighted by atomic mass is 9.74. The summed E-state index contributed by atoms with van der Waals surface area (Å²) in [7, 11) is 0. The molecule has 4 atom stereocenters. The summed E-state index contributed by atoms with van der Waals surface area (Å²) in [5.74, 6) is 0.935. The molecular weight excluding hydrogens is 232 g/mol. The molecule has 3 saturated heterocycles. The van der Waals surface area contributed by atoms with E-state index in [1.807, 2.05) is 12.2 Å². The molecule has 3 aliphatic heterocycles. The maximum atomic E-state index is 11.3. The lowest BCUT2D eigenvalue weighted by Gasteiger charge is -2.46. The second kappa shape index (κ2) is 3.76. The lowest BCUT2D eigenvalue weighted by molar-refractivity contribution is -0.245. The molecule has 4 rings (SSSR count). The number of hydrogen-bond donors (Lipinski definition) is 0. The molecule has 0 aromatic rings. The highest BCUT2D eigenvalue weighted by molar-refractivity contribution is 6.00. The van der Waals surface area contributed by atoms with Crippen molar-refractivity contribution in [1.82, 2.24) is 0 Å². The van der Waals surface area contributed by atoms with Crippen LogP contribution in [0.3, 0.4) is 0 Å². The van der Waals surface area contributed by atoms with E-state index in [0.29, 0.717) is 11.8 Å². The maximum absolute atomic E-state index is 11.3. The van der Waals surface area contributed by atoms with Crippen LogP contribution in [0.4, 0.5) is 0 Å². The third kappa shape index (κ3) is 1.40. The zero-order valence-electron chi connectivity index (χ0n) is 10.1. The Kier molecular flexibility index (Phi) is 2.28. The van der Waals surface area contributed by atoms with Crippen LogP contribution < -0.4 is 0 Å². The number of carbonyl (C=O) groups is 1. The quantitative estimate of drug-likeness (QED) is 0.646. The molecule has 3 fully saturated rings. The topological polar surface area (TPSA) is 44.8 Å². The molecule has 0 bridgehead atoms. The number of ketones is 1. The van der Waals surface area contributed by atoms with Crippen molar-refractivity contribution >= 4 is 5.78 Å². The first-order valence-corrected chi connectivity index (χ1v) is 6.62. The Morgan fingerprint density at radius 1 is 1.06 bits per heavy atom. The van der Waals surface area contributed by atoms with Crippen LogP contribution in [0, 0.1) is 11.8 Å². The molecule has 0 aromatic carbocycles. The Bertz CT molecular complexity index is 423. The number of rotatable bonds is 0. The highest BCUT2D eigenvalue weighted by atomic mass is 16.7. The summed E-state index contributed by atoms with van der Waals surface area (Å²) in [6.45, 7) is 1.54. The Morgan fingerprint density at radius 2 is 1.78 bits per heavy atom. The molecule has 4 heteroatoms. The standard InChI is InChI=1S/C14H16O4/c15-9-1-5-14(6-2-9)12-10(3-7-16-12)11-4-8-17-13(11)18-14/h1-2,5-6,10-13H,3-4,7-8H2/t10-,11-,12+,13+/m1/s1. The summed E-state index contributed by atoms with van der Waals surface area (Å²) >= 11 is 0. The van der Waals surface area contributed by atoms with E-state index in [-0.39, 0.29) is 18.2 Å². The molecular formula is C14H16O4. The van der Waals surface area contributed by atoms with E-state index in [1.54, 1.807) is 12.2 Å². The minimum Gasteiger partial charge on any atom is -0.374 e. The smallest absolute Gasteiger partial charge is 0.178 e. The predicted octanol–water partition coefficient (Wildman–Crippen LogP) is 1.22. The first kappa shape index (κ1) is 10.9. The fraction of sp³-hybridized carbons (Fsp3) is 0.643. The summed E-state index contributed by atoms with van der Waals surface area (Å²) in [5, 5.41) is 0. The number of ether oxygens (including phenoxy) is 3. The molecule has 0 saturated carbocycles. The van der Waals surface area contributed by atoms with Gasteiger partial charge in [-0.2, -0.15) is 0 Å². The fourth-order valence-electron chi connectivity index (χ4n) is 3.70. The molecule has 1 spiro atoms. The summed E-state index contributed by atoms with van der Waals surface area (Å²) in [5.41, 5.74) is -0.597. The van der Waals surface area contributed by atoms with Crippen molar-refractivity contribution in [3.8, 4) is 0 Å². The van der Waals surface area contributed by atoms with Gasteiger partial charge in [-0.3, -0.25) is 4.79 Å². The minimum atomic E-state index is -0.597. The third-order valence-corrected chi connectivity index (χ3v) is 4.55. The monoisotopic (exact) mass is 248 g/mol. The van der Waals surface area contributed by atoms with E-state index in [0.717, 1.165) is 26.1 Å². The normalized spacial score (nSPS) is 44.3. The predicted molar refractivity (Wildman–Crippen MR) is 62.8 cm³/mol. The molecule has 4 aliphatic rings. The minimum absolute atomic E-state index is 0.00763. The van der Waals surface area contributed by atoms with Crippen molar-refractivity contribution in [3.05, 3.63) is 24.3 Å². The largest absolute Gasteiger partial charge is 0.374 e. The van der Waals surface area contributed by atoms with Crippen molar-refractivity contribution in [2.45, 2.75) is 30.8 Å². The Balaban J connectivity index is 1.73. The van der Waals surface area contributed by atoms with Crippen molar-refractivity contribution in [1.29, 1.82) is 0 Å². The van der Waals surface area contributed by atoms with Gasteiger partial charge in [0.25, 0.3) is 0 Å². The van der Waals surface area contributed by atoms with Gasteiger partial charge in [0, 0.05) is 12.5 Å². The van der Waals surface area contributed by atoms with Crippen LogP contribution in [0.1, 0.15) is 12.8 Å². The van der Waals surface area contributed by atoms with Crippen molar-refractivity contribution in [2.24, 2.45) is 11.8 Å². The van der Waals surface area contributed by atoms with Gasteiger partial charge in [0.1, 0.15) is 5.60 Å². The van der Waals surface area contributed by atoms with Crippen LogP contribution in [0.15, 0.2) is 24.3 Å². The average molecular weight is 248 g/mol. The Labute approximate surface area is 106 Å². The number of allylic oxidation sites excluding steroid dienone is 2. The van der Waals surface area contributed by atoms with Crippen molar-refractivity contribution in [3.63, 3.8) is 0 Å². The first-order valence-electron chi connectivity index (χ1n) is 6.62. The van der Waals surface area contributed by atoms with E-state index >= 15 is 0 Å². The molecule has 0 N–H and O–H groups in total. The summed E-state index contributed by atoms with van der Waals surface area (Å²) in [6.07, 6.45) is 8.85. The Hall–Kier alpha value is -0.970. The summed E-state index contributed by atoms with van der Waals surface area (Å²) in [6, 6.07) is 0. The highest BCUT2D eigenvalue weighted by Gasteiger charge is 2.57. The van der Waals surface area contributed by atoms with Gasteiger partial charge in [0.2, 0.25) is 0 Å². The molecule has 0 aromatic heterocycles.